The minimum Gasteiger partial charge on any atom is -0.467 e. The van der Waals surface area contributed by atoms with Gasteiger partial charge in [0.25, 0.3) is 0 Å². The number of aliphatic imine (C=N–C) groups is 1. The lowest BCUT2D eigenvalue weighted by atomic mass is 10.0. The lowest BCUT2D eigenvalue weighted by Gasteiger charge is -2.12. The normalized spacial score (nSPS) is 12.5. The first kappa shape index (κ1) is 18.9. The van der Waals surface area contributed by atoms with Crippen LogP contribution in [0.3, 0.4) is 0 Å². The summed E-state index contributed by atoms with van der Waals surface area (Å²) in [5.41, 5.74) is 2.14. The van der Waals surface area contributed by atoms with Gasteiger partial charge in [-0.05, 0) is 36.8 Å². The molecule has 0 aromatic heterocycles. The Morgan fingerprint density at radius 3 is 2.32 bits per heavy atom. The van der Waals surface area contributed by atoms with Crippen LogP contribution in [0.5, 0.6) is 0 Å². The summed E-state index contributed by atoms with van der Waals surface area (Å²) in [6.45, 7) is 1.74. The summed E-state index contributed by atoms with van der Waals surface area (Å²) in [7, 11) is 1.34. The summed E-state index contributed by atoms with van der Waals surface area (Å²) in [5.74, 6) is -0.483. The van der Waals surface area contributed by atoms with Crippen LogP contribution in [-0.2, 0) is 16.0 Å². The molecule has 0 N–H and O–H groups in total. The fraction of sp³-hybridized carbons (Fsp3) is 0.250. The van der Waals surface area contributed by atoms with Gasteiger partial charge in [0, 0.05) is 29.1 Å². The number of carbonyl (C=O) groups excluding carboxylic acids is 2. The molecule has 1 atom stereocenters. The van der Waals surface area contributed by atoms with E-state index in [1.54, 1.807) is 31.2 Å². The van der Waals surface area contributed by atoms with E-state index in [4.69, 9.17) is 16.3 Å². The van der Waals surface area contributed by atoms with Crippen LogP contribution in [0.2, 0.25) is 5.02 Å². The number of hydrogen-bond acceptors (Lipinski definition) is 4. The zero-order valence-electron chi connectivity index (χ0n) is 14.2. The average molecular weight is 358 g/mol. The smallest absolute Gasteiger partial charge is 0.330 e. The van der Waals surface area contributed by atoms with E-state index in [-0.39, 0.29) is 12.2 Å². The molecule has 0 radical (unpaired) electrons. The maximum atomic E-state index is 12.3. The van der Waals surface area contributed by atoms with Gasteiger partial charge in [-0.15, -0.1) is 0 Å². The summed E-state index contributed by atoms with van der Waals surface area (Å²) in [6, 6.07) is 15.6. The van der Waals surface area contributed by atoms with Crippen molar-refractivity contribution in [1.82, 2.24) is 0 Å². The third-order valence-electron chi connectivity index (χ3n) is 3.70. The molecule has 0 aliphatic heterocycles. The van der Waals surface area contributed by atoms with Gasteiger partial charge in [0.1, 0.15) is 0 Å². The number of methoxy groups -OCH3 is 1. The van der Waals surface area contributed by atoms with E-state index in [0.29, 0.717) is 22.7 Å². The van der Waals surface area contributed by atoms with E-state index < -0.39 is 12.0 Å². The van der Waals surface area contributed by atoms with Crippen LogP contribution in [0.1, 0.15) is 29.3 Å². The van der Waals surface area contributed by atoms with Crippen LogP contribution in [0.15, 0.2) is 59.6 Å². The van der Waals surface area contributed by atoms with Crippen LogP contribution in [0.25, 0.3) is 0 Å². The van der Waals surface area contributed by atoms with Gasteiger partial charge >= 0.3 is 5.97 Å². The molecule has 0 amide bonds. The van der Waals surface area contributed by atoms with Crippen molar-refractivity contribution >= 4 is 29.1 Å². The van der Waals surface area contributed by atoms with E-state index in [0.717, 1.165) is 5.56 Å². The molecule has 0 saturated heterocycles. The van der Waals surface area contributed by atoms with Crippen LogP contribution in [0.4, 0.5) is 0 Å². The fourth-order valence-corrected chi connectivity index (χ4v) is 2.56. The standard InChI is InChI=1S/C20H20ClNO3/c1-14(12-19(23)16-8-10-17(21)11-9-16)22-18(20(24)25-2)13-15-6-4-3-5-7-15/h3-11,18H,12-13H2,1-2H3/t18-/m1/s1. The van der Waals surface area contributed by atoms with Gasteiger partial charge < -0.3 is 4.74 Å². The molecule has 2 rings (SSSR count). The molecule has 0 aliphatic rings. The van der Waals surface area contributed by atoms with Crippen molar-refractivity contribution in [2.45, 2.75) is 25.8 Å². The lowest BCUT2D eigenvalue weighted by Crippen LogP contribution is -2.24. The second kappa shape index (κ2) is 9.14. The quantitative estimate of drug-likeness (QED) is 0.425. The number of halogens is 1. The molecule has 0 heterocycles. The van der Waals surface area contributed by atoms with Crippen LogP contribution >= 0.6 is 11.6 Å². The zero-order valence-corrected chi connectivity index (χ0v) is 15.0. The number of benzene rings is 2. The monoisotopic (exact) mass is 357 g/mol. The van der Waals surface area contributed by atoms with Gasteiger partial charge in [-0.2, -0.15) is 0 Å². The number of rotatable bonds is 7. The number of Topliss-reactive ketones (excluding diaryl/α,β-unsaturated/α-hetero) is 1. The first-order chi connectivity index (χ1) is 12.0. The summed E-state index contributed by atoms with van der Waals surface area (Å²) in [6.07, 6.45) is 0.573. The molecule has 25 heavy (non-hydrogen) atoms. The van der Waals surface area contributed by atoms with Gasteiger partial charge in [-0.25, -0.2) is 4.79 Å². The van der Waals surface area contributed by atoms with E-state index >= 15 is 0 Å². The Morgan fingerprint density at radius 1 is 1.08 bits per heavy atom. The summed E-state index contributed by atoms with van der Waals surface area (Å²) in [4.78, 5) is 28.7. The number of hydrogen-bond donors (Lipinski definition) is 0. The highest BCUT2D eigenvalue weighted by Crippen LogP contribution is 2.13. The van der Waals surface area contributed by atoms with Crippen molar-refractivity contribution in [1.29, 1.82) is 0 Å². The third kappa shape index (κ3) is 5.84. The molecule has 4 nitrogen and oxygen atoms in total. The Balaban J connectivity index is 2.10. The first-order valence-corrected chi connectivity index (χ1v) is 8.31. The molecule has 0 spiro atoms. The van der Waals surface area contributed by atoms with Gasteiger partial charge in [-0.3, -0.25) is 9.79 Å². The van der Waals surface area contributed by atoms with Gasteiger partial charge in [-0.1, -0.05) is 41.9 Å². The predicted octanol–water partition coefficient (Wildman–Crippen LogP) is 4.16. The van der Waals surface area contributed by atoms with Crippen molar-refractivity contribution in [3.05, 3.63) is 70.7 Å². The Kier molecular flexibility index (Phi) is 6.90. The Hall–Kier alpha value is -2.46. The second-order valence-corrected chi connectivity index (χ2v) is 6.14. The van der Waals surface area contributed by atoms with Gasteiger partial charge in [0.15, 0.2) is 11.8 Å². The molecular weight excluding hydrogens is 338 g/mol. The largest absolute Gasteiger partial charge is 0.467 e. The van der Waals surface area contributed by atoms with Crippen LogP contribution in [0, 0.1) is 0 Å². The molecule has 2 aromatic rings. The minimum absolute atomic E-state index is 0.0683. The maximum Gasteiger partial charge on any atom is 0.330 e. The summed E-state index contributed by atoms with van der Waals surface area (Å²) < 4.78 is 4.84. The fourth-order valence-electron chi connectivity index (χ4n) is 2.44. The minimum atomic E-state index is -0.662. The Morgan fingerprint density at radius 2 is 1.72 bits per heavy atom. The molecule has 0 unspecified atom stereocenters. The lowest BCUT2D eigenvalue weighted by molar-refractivity contribution is -0.142. The Labute approximate surface area is 152 Å². The first-order valence-electron chi connectivity index (χ1n) is 7.93. The SMILES string of the molecule is COC(=O)[C@@H](Cc1ccccc1)N=C(C)CC(=O)c1ccc(Cl)cc1. The van der Waals surface area contributed by atoms with Crippen molar-refractivity contribution in [3.8, 4) is 0 Å². The number of ketones is 1. The molecule has 5 heteroatoms. The molecule has 0 fully saturated rings. The highest BCUT2D eigenvalue weighted by atomic mass is 35.5. The number of nitrogens with zero attached hydrogens (tertiary/aromatic N) is 1. The van der Waals surface area contributed by atoms with E-state index in [2.05, 4.69) is 4.99 Å². The highest BCUT2D eigenvalue weighted by molar-refractivity contribution is 6.30. The summed E-state index contributed by atoms with van der Waals surface area (Å²) in [5, 5.41) is 0.579. The van der Waals surface area contributed by atoms with E-state index in [9.17, 15) is 9.59 Å². The molecule has 130 valence electrons. The van der Waals surface area contributed by atoms with Crippen molar-refractivity contribution in [2.75, 3.05) is 7.11 Å². The maximum absolute atomic E-state index is 12.3. The third-order valence-corrected chi connectivity index (χ3v) is 3.96. The highest BCUT2D eigenvalue weighted by Gasteiger charge is 2.19. The van der Waals surface area contributed by atoms with Gasteiger partial charge in [0.2, 0.25) is 0 Å². The zero-order chi connectivity index (χ0) is 18.2. The number of carbonyl (C=O) groups is 2. The predicted molar refractivity (Wildman–Crippen MR) is 99.5 cm³/mol. The molecular formula is C20H20ClNO3. The molecule has 0 bridgehead atoms. The van der Waals surface area contributed by atoms with Crippen LogP contribution in [-0.4, -0.2) is 30.6 Å². The molecule has 0 aliphatic carbocycles. The topological polar surface area (TPSA) is 55.7 Å². The van der Waals surface area contributed by atoms with E-state index in [1.165, 1.54) is 7.11 Å². The number of ether oxygens (including phenoxy) is 1. The van der Waals surface area contributed by atoms with Crippen molar-refractivity contribution in [3.63, 3.8) is 0 Å². The van der Waals surface area contributed by atoms with Crippen molar-refractivity contribution < 1.29 is 14.3 Å². The Bertz CT molecular complexity index is 754. The van der Waals surface area contributed by atoms with Gasteiger partial charge in [0.05, 0.1) is 7.11 Å². The van der Waals surface area contributed by atoms with Crippen molar-refractivity contribution in [2.24, 2.45) is 4.99 Å². The van der Waals surface area contributed by atoms with Crippen LogP contribution < -0.4 is 0 Å². The average Bonchev–Trinajstić information content (AvgIpc) is 2.61. The summed E-state index contributed by atoms with van der Waals surface area (Å²) >= 11 is 5.83. The van der Waals surface area contributed by atoms with E-state index in [1.807, 2.05) is 30.3 Å². The molecule has 0 saturated carbocycles. The number of esters is 1. The second-order valence-electron chi connectivity index (χ2n) is 5.70. The molecule has 2 aromatic carbocycles.